The van der Waals surface area contributed by atoms with Gasteiger partial charge in [-0.1, -0.05) is 12.1 Å². The smallest absolute Gasteiger partial charge is 0.408 e. The van der Waals surface area contributed by atoms with Crippen molar-refractivity contribution in [1.29, 1.82) is 0 Å². The van der Waals surface area contributed by atoms with Crippen LogP contribution in [0.2, 0.25) is 0 Å². The predicted octanol–water partition coefficient (Wildman–Crippen LogP) is 3.50. The van der Waals surface area contributed by atoms with E-state index in [0.29, 0.717) is 6.04 Å². The van der Waals surface area contributed by atoms with E-state index in [1.165, 1.54) is 5.69 Å². The second-order valence-electron chi connectivity index (χ2n) is 7.08. The highest BCUT2D eigenvalue weighted by atomic mass is 16.6. The van der Waals surface area contributed by atoms with Crippen molar-refractivity contribution >= 4 is 11.8 Å². The summed E-state index contributed by atoms with van der Waals surface area (Å²) in [6.45, 7) is 12.1. The average Bonchev–Trinajstić information content (AvgIpc) is 2.46. The van der Waals surface area contributed by atoms with E-state index in [4.69, 9.17) is 9.47 Å². The second-order valence-corrected chi connectivity index (χ2v) is 7.08. The van der Waals surface area contributed by atoms with Crippen LogP contribution in [0.1, 0.15) is 46.2 Å². The van der Waals surface area contributed by atoms with Crippen molar-refractivity contribution in [2.45, 2.75) is 52.3 Å². The fourth-order valence-electron chi connectivity index (χ4n) is 2.63. The Balaban J connectivity index is 1.97. The molecule has 5 heteroatoms. The molecule has 0 spiro atoms. The van der Waals surface area contributed by atoms with E-state index >= 15 is 0 Å². The van der Waals surface area contributed by atoms with Crippen LogP contribution in [0.4, 0.5) is 10.5 Å². The highest BCUT2D eigenvalue weighted by Crippen LogP contribution is 2.22. The molecule has 2 atom stereocenters. The van der Waals surface area contributed by atoms with E-state index in [-0.39, 0.29) is 6.04 Å². The van der Waals surface area contributed by atoms with Crippen molar-refractivity contribution in [3.05, 3.63) is 29.8 Å². The molecule has 128 valence electrons. The van der Waals surface area contributed by atoms with Gasteiger partial charge < -0.3 is 19.7 Å². The Labute approximate surface area is 139 Å². The van der Waals surface area contributed by atoms with Gasteiger partial charge in [-0.2, -0.15) is 0 Å². The van der Waals surface area contributed by atoms with Crippen LogP contribution in [0, 0.1) is 0 Å². The minimum atomic E-state index is -0.486. The van der Waals surface area contributed by atoms with Crippen LogP contribution in [0.5, 0.6) is 0 Å². The first-order valence-electron chi connectivity index (χ1n) is 8.20. The largest absolute Gasteiger partial charge is 0.444 e. The number of hydrogen-bond donors (Lipinski definition) is 1. The summed E-state index contributed by atoms with van der Waals surface area (Å²) < 4.78 is 10.8. The molecular weight excluding hydrogens is 292 g/mol. The van der Waals surface area contributed by atoms with E-state index in [9.17, 15) is 4.79 Å². The van der Waals surface area contributed by atoms with Crippen molar-refractivity contribution in [2.24, 2.45) is 0 Å². The van der Waals surface area contributed by atoms with Gasteiger partial charge in [0.25, 0.3) is 0 Å². The van der Waals surface area contributed by atoms with Gasteiger partial charge in [0.15, 0.2) is 0 Å². The Morgan fingerprint density at radius 2 is 2.00 bits per heavy atom. The van der Waals surface area contributed by atoms with Gasteiger partial charge >= 0.3 is 6.09 Å². The highest BCUT2D eigenvalue weighted by molar-refractivity contribution is 5.68. The zero-order valence-corrected chi connectivity index (χ0v) is 14.8. The monoisotopic (exact) mass is 320 g/mol. The molecule has 1 N–H and O–H groups in total. The molecule has 1 fully saturated rings. The molecule has 0 aliphatic carbocycles. The molecule has 1 saturated heterocycles. The second kappa shape index (κ2) is 7.21. The Morgan fingerprint density at radius 3 is 2.57 bits per heavy atom. The number of carbonyl (C=O) groups is 1. The Bertz CT molecular complexity index is 522. The van der Waals surface area contributed by atoms with Crippen LogP contribution < -0.4 is 10.2 Å². The quantitative estimate of drug-likeness (QED) is 0.926. The van der Waals surface area contributed by atoms with E-state index in [1.807, 2.05) is 27.7 Å². The number of anilines is 1. The molecule has 5 nitrogen and oxygen atoms in total. The maximum Gasteiger partial charge on any atom is 0.408 e. The standard InChI is InChI=1S/C18H28N2O3/c1-13-12-22-11-10-20(13)16-8-6-15(7-9-16)14(2)19-17(21)23-18(3,4)5/h6-9,13-14H,10-12H2,1-5H3,(H,19,21)/t13-,14-/m1/s1. The molecule has 1 amide bonds. The highest BCUT2D eigenvalue weighted by Gasteiger charge is 2.20. The number of amides is 1. The number of nitrogens with zero attached hydrogens (tertiary/aromatic N) is 1. The van der Waals surface area contributed by atoms with Crippen molar-refractivity contribution in [1.82, 2.24) is 5.32 Å². The van der Waals surface area contributed by atoms with Gasteiger partial charge in [-0.3, -0.25) is 0 Å². The molecule has 23 heavy (non-hydrogen) atoms. The van der Waals surface area contributed by atoms with E-state index in [1.54, 1.807) is 0 Å². The molecular formula is C18H28N2O3. The van der Waals surface area contributed by atoms with Gasteiger partial charge in [0.2, 0.25) is 0 Å². The lowest BCUT2D eigenvalue weighted by atomic mass is 10.1. The summed E-state index contributed by atoms with van der Waals surface area (Å²) >= 11 is 0. The van der Waals surface area contributed by atoms with Gasteiger partial charge in [0.05, 0.1) is 19.3 Å². The first kappa shape index (κ1) is 17.6. The number of nitrogens with one attached hydrogen (secondary N) is 1. The lowest BCUT2D eigenvalue weighted by Gasteiger charge is -2.35. The van der Waals surface area contributed by atoms with Crippen molar-refractivity contribution < 1.29 is 14.3 Å². The van der Waals surface area contributed by atoms with Crippen molar-refractivity contribution in [3.63, 3.8) is 0 Å². The topological polar surface area (TPSA) is 50.8 Å². The molecule has 0 radical (unpaired) electrons. The molecule has 0 unspecified atom stereocenters. The summed E-state index contributed by atoms with van der Waals surface area (Å²) in [6.07, 6.45) is -0.393. The zero-order chi connectivity index (χ0) is 17.0. The van der Waals surface area contributed by atoms with Crippen LogP contribution in [0.15, 0.2) is 24.3 Å². The summed E-state index contributed by atoms with van der Waals surface area (Å²) in [5.74, 6) is 0. The lowest BCUT2D eigenvalue weighted by Crippen LogP contribution is -2.43. The Hall–Kier alpha value is -1.75. The molecule has 0 aromatic heterocycles. The van der Waals surface area contributed by atoms with Crippen LogP contribution in [-0.2, 0) is 9.47 Å². The Kier molecular flexibility index (Phi) is 5.52. The summed E-state index contributed by atoms with van der Waals surface area (Å²) in [7, 11) is 0. The van der Waals surface area contributed by atoms with Crippen molar-refractivity contribution in [3.8, 4) is 0 Å². The first-order chi connectivity index (χ1) is 10.8. The van der Waals surface area contributed by atoms with Gasteiger partial charge in [0.1, 0.15) is 5.60 Å². The number of benzene rings is 1. The minimum absolute atomic E-state index is 0.0963. The van der Waals surface area contributed by atoms with Crippen LogP contribution in [0.3, 0.4) is 0 Å². The van der Waals surface area contributed by atoms with Crippen LogP contribution in [-0.4, -0.2) is 37.5 Å². The molecule has 2 rings (SSSR count). The number of hydrogen-bond acceptors (Lipinski definition) is 4. The predicted molar refractivity (Wildman–Crippen MR) is 91.9 cm³/mol. The molecule has 1 aromatic rings. The molecule has 0 bridgehead atoms. The third-order valence-electron chi connectivity index (χ3n) is 3.83. The summed E-state index contributed by atoms with van der Waals surface area (Å²) in [6, 6.07) is 8.60. The molecule has 1 heterocycles. The summed E-state index contributed by atoms with van der Waals surface area (Å²) in [5.41, 5.74) is 1.76. The Morgan fingerprint density at radius 1 is 1.35 bits per heavy atom. The van der Waals surface area contributed by atoms with Crippen molar-refractivity contribution in [2.75, 3.05) is 24.7 Å². The third-order valence-corrected chi connectivity index (χ3v) is 3.83. The number of morpholine rings is 1. The number of alkyl carbamates (subject to hydrolysis) is 1. The molecule has 0 saturated carbocycles. The minimum Gasteiger partial charge on any atom is -0.444 e. The lowest BCUT2D eigenvalue weighted by molar-refractivity contribution is 0.0508. The SMILES string of the molecule is C[C@@H]1COCCN1c1ccc([C@@H](C)NC(=O)OC(C)(C)C)cc1. The fourth-order valence-corrected chi connectivity index (χ4v) is 2.63. The number of rotatable bonds is 3. The zero-order valence-electron chi connectivity index (χ0n) is 14.8. The third kappa shape index (κ3) is 5.13. The molecule has 1 aliphatic rings. The first-order valence-corrected chi connectivity index (χ1v) is 8.20. The maximum atomic E-state index is 11.8. The number of ether oxygens (including phenoxy) is 2. The van der Waals surface area contributed by atoms with Gasteiger partial charge in [-0.05, 0) is 52.3 Å². The maximum absolute atomic E-state index is 11.8. The average molecular weight is 320 g/mol. The molecule has 1 aromatic carbocycles. The van der Waals surface area contributed by atoms with E-state index in [0.717, 1.165) is 25.3 Å². The van der Waals surface area contributed by atoms with Crippen LogP contribution in [0.25, 0.3) is 0 Å². The van der Waals surface area contributed by atoms with Gasteiger partial charge in [-0.15, -0.1) is 0 Å². The summed E-state index contributed by atoms with van der Waals surface area (Å²) in [5, 5.41) is 2.87. The van der Waals surface area contributed by atoms with Gasteiger partial charge in [0, 0.05) is 18.3 Å². The van der Waals surface area contributed by atoms with Crippen LogP contribution >= 0.6 is 0 Å². The normalized spacial score (nSPS) is 20.0. The van der Waals surface area contributed by atoms with E-state index < -0.39 is 11.7 Å². The number of carbonyl (C=O) groups excluding carboxylic acids is 1. The van der Waals surface area contributed by atoms with Gasteiger partial charge in [-0.25, -0.2) is 4.79 Å². The van der Waals surface area contributed by atoms with E-state index in [2.05, 4.69) is 41.4 Å². The molecule has 1 aliphatic heterocycles. The summed E-state index contributed by atoms with van der Waals surface area (Å²) in [4.78, 5) is 14.2. The fraction of sp³-hybridized carbons (Fsp3) is 0.611.